The molecule has 4 rings (SSSR count). The quantitative estimate of drug-likeness (QED) is 0.383. The smallest absolute Gasteiger partial charge is 0.274 e. The maximum Gasteiger partial charge on any atom is 0.274 e. The monoisotopic (exact) mass is 501 g/mol. The molecule has 4 aromatic heterocycles. The zero-order chi connectivity index (χ0) is 24.9. The fourth-order valence-corrected chi connectivity index (χ4v) is 5.98. The average Bonchev–Trinajstić information content (AvgIpc) is 3.35. The number of rotatable bonds is 5. The Morgan fingerprint density at radius 1 is 1.26 bits per heavy atom. The van der Waals surface area contributed by atoms with Gasteiger partial charge in [0.05, 0.1) is 10.6 Å². The molecule has 178 valence electrons. The number of nitrogens with one attached hydrogen (secondary N) is 2. The molecule has 0 atom stereocenters. The number of hydrogen-bond donors (Lipinski definition) is 3. The standard InChI is InChI=1S/C22H23N5O5S2/c1-10-6-7-25-12(3)17(10)32-18-11(2)22(34(23,30)31)33-19(18)14-9-27(5)21(29)16-13(14)8-15(26-16)20(28)24-4/h6-9,26H,1-5H3,(H,24,28)(H2,23,30,31). The van der Waals surface area contributed by atoms with Gasteiger partial charge in [-0.3, -0.25) is 14.6 Å². The molecule has 0 bridgehead atoms. The molecule has 0 unspecified atom stereocenters. The van der Waals surface area contributed by atoms with E-state index < -0.39 is 15.9 Å². The number of aryl methyl sites for hydroxylation is 3. The third-order valence-corrected chi connectivity index (χ3v) is 8.34. The van der Waals surface area contributed by atoms with Crippen molar-refractivity contribution in [2.75, 3.05) is 7.05 Å². The topological polar surface area (TPSA) is 149 Å². The molecule has 0 aliphatic heterocycles. The second-order valence-corrected chi connectivity index (χ2v) is 10.6. The van der Waals surface area contributed by atoms with Gasteiger partial charge in [-0.25, -0.2) is 13.6 Å². The summed E-state index contributed by atoms with van der Waals surface area (Å²) in [5.41, 5.74) is 2.37. The first-order chi connectivity index (χ1) is 15.9. The van der Waals surface area contributed by atoms with E-state index >= 15 is 0 Å². The molecular weight excluding hydrogens is 478 g/mol. The first-order valence-electron chi connectivity index (χ1n) is 10.1. The van der Waals surface area contributed by atoms with Crippen molar-refractivity contribution in [3.8, 4) is 21.9 Å². The summed E-state index contributed by atoms with van der Waals surface area (Å²) >= 11 is 0.942. The summed E-state index contributed by atoms with van der Waals surface area (Å²) in [6.07, 6.45) is 3.24. The average molecular weight is 502 g/mol. The van der Waals surface area contributed by atoms with E-state index in [0.717, 1.165) is 16.9 Å². The SMILES string of the molecule is CNC(=O)c1cc2c(-c3sc(S(N)(=O)=O)c(C)c3Oc3c(C)ccnc3C)cn(C)c(=O)c2[nH]1. The van der Waals surface area contributed by atoms with Crippen molar-refractivity contribution in [1.82, 2.24) is 19.9 Å². The molecule has 0 radical (unpaired) electrons. The van der Waals surface area contributed by atoms with Crippen molar-refractivity contribution in [1.29, 1.82) is 0 Å². The van der Waals surface area contributed by atoms with Gasteiger partial charge in [0.2, 0.25) is 10.0 Å². The molecule has 12 heteroatoms. The van der Waals surface area contributed by atoms with E-state index in [9.17, 15) is 18.0 Å². The maximum atomic E-state index is 12.8. The van der Waals surface area contributed by atoms with E-state index in [1.54, 1.807) is 45.4 Å². The van der Waals surface area contributed by atoms with E-state index in [-0.39, 0.29) is 26.7 Å². The minimum atomic E-state index is -4.06. The number of thiophene rings is 1. The van der Waals surface area contributed by atoms with Crippen LogP contribution >= 0.6 is 11.3 Å². The number of aromatic amines is 1. The predicted molar refractivity (Wildman–Crippen MR) is 130 cm³/mol. The number of carbonyl (C=O) groups is 1. The number of primary sulfonamides is 1. The van der Waals surface area contributed by atoms with Crippen molar-refractivity contribution in [2.45, 2.75) is 25.0 Å². The van der Waals surface area contributed by atoms with Crippen LogP contribution in [0, 0.1) is 20.8 Å². The summed E-state index contributed by atoms with van der Waals surface area (Å²) < 4.78 is 32.3. The number of hydrogen-bond acceptors (Lipinski definition) is 7. The summed E-state index contributed by atoms with van der Waals surface area (Å²) in [6.45, 7) is 5.26. The Morgan fingerprint density at radius 3 is 2.59 bits per heavy atom. The highest BCUT2D eigenvalue weighted by molar-refractivity contribution is 7.91. The van der Waals surface area contributed by atoms with E-state index in [4.69, 9.17) is 9.88 Å². The van der Waals surface area contributed by atoms with Crippen LogP contribution < -0.4 is 20.8 Å². The molecule has 0 saturated carbocycles. The number of pyridine rings is 2. The van der Waals surface area contributed by atoms with Crippen LogP contribution in [0.2, 0.25) is 0 Å². The summed E-state index contributed by atoms with van der Waals surface area (Å²) in [5.74, 6) is 0.387. The highest BCUT2D eigenvalue weighted by Gasteiger charge is 2.28. The van der Waals surface area contributed by atoms with Gasteiger partial charge in [0, 0.05) is 43.0 Å². The Hall–Kier alpha value is -3.48. The van der Waals surface area contributed by atoms with Gasteiger partial charge in [0.1, 0.15) is 15.4 Å². The number of fused-ring (bicyclic) bond motifs is 1. The number of nitrogens with two attached hydrogens (primary N) is 1. The van der Waals surface area contributed by atoms with Crippen LogP contribution in [0.4, 0.5) is 0 Å². The Labute approximate surface area is 199 Å². The fraction of sp³-hybridized carbons (Fsp3) is 0.227. The Balaban J connectivity index is 2.07. The van der Waals surface area contributed by atoms with Gasteiger partial charge in [-0.2, -0.15) is 0 Å². The van der Waals surface area contributed by atoms with E-state index in [1.807, 2.05) is 6.92 Å². The van der Waals surface area contributed by atoms with E-state index in [0.29, 0.717) is 32.8 Å². The highest BCUT2D eigenvalue weighted by atomic mass is 32.2. The summed E-state index contributed by atoms with van der Waals surface area (Å²) in [5, 5.41) is 8.47. The molecule has 0 fully saturated rings. The Morgan fingerprint density at radius 2 is 1.97 bits per heavy atom. The lowest BCUT2D eigenvalue weighted by Gasteiger charge is -2.13. The summed E-state index contributed by atoms with van der Waals surface area (Å²) in [4.78, 5) is 32.6. The van der Waals surface area contributed by atoms with Crippen molar-refractivity contribution >= 4 is 38.2 Å². The van der Waals surface area contributed by atoms with Crippen LogP contribution in [0.15, 0.2) is 33.5 Å². The van der Waals surface area contributed by atoms with Crippen molar-refractivity contribution in [3.05, 3.63) is 57.4 Å². The second kappa shape index (κ2) is 8.38. The number of amides is 1. The lowest BCUT2D eigenvalue weighted by molar-refractivity contribution is 0.0959. The largest absolute Gasteiger partial charge is 0.453 e. The molecule has 4 heterocycles. The molecular formula is C22H23N5O5S2. The van der Waals surface area contributed by atoms with Crippen LogP contribution in [-0.2, 0) is 17.1 Å². The highest BCUT2D eigenvalue weighted by Crippen LogP contribution is 2.48. The van der Waals surface area contributed by atoms with Crippen LogP contribution in [0.5, 0.6) is 11.5 Å². The minimum absolute atomic E-state index is 0.0549. The van der Waals surface area contributed by atoms with E-state index in [1.165, 1.54) is 11.6 Å². The molecule has 4 N–H and O–H groups in total. The van der Waals surface area contributed by atoms with Crippen LogP contribution in [0.3, 0.4) is 0 Å². The molecule has 0 spiro atoms. The first kappa shape index (κ1) is 23.7. The molecule has 0 aliphatic carbocycles. The summed E-state index contributed by atoms with van der Waals surface area (Å²) in [6, 6.07) is 3.34. The fourth-order valence-electron chi connectivity index (χ4n) is 3.76. The van der Waals surface area contributed by atoms with Gasteiger partial charge < -0.3 is 19.6 Å². The second-order valence-electron chi connectivity index (χ2n) is 7.87. The molecule has 1 amide bonds. The van der Waals surface area contributed by atoms with Crippen LogP contribution in [0.25, 0.3) is 21.3 Å². The molecule has 0 saturated heterocycles. The number of ether oxygens (including phenoxy) is 1. The molecule has 0 aromatic carbocycles. The normalized spacial score (nSPS) is 11.7. The van der Waals surface area contributed by atoms with Crippen LogP contribution in [-0.4, -0.2) is 35.9 Å². The van der Waals surface area contributed by atoms with Gasteiger partial charge in [0.15, 0.2) is 11.5 Å². The third kappa shape index (κ3) is 3.89. The Kier molecular flexibility index (Phi) is 5.84. The maximum absolute atomic E-state index is 12.8. The number of nitrogens with zero attached hydrogens (tertiary/aromatic N) is 2. The van der Waals surface area contributed by atoms with Gasteiger partial charge in [-0.1, -0.05) is 0 Å². The summed E-state index contributed by atoms with van der Waals surface area (Å²) in [7, 11) is -1.00. The van der Waals surface area contributed by atoms with Gasteiger partial charge in [0.25, 0.3) is 11.5 Å². The van der Waals surface area contributed by atoms with Gasteiger partial charge in [-0.05, 0) is 38.5 Å². The van der Waals surface area contributed by atoms with Crippen molar-refractivity contribution in [3.63, 3.8) is 0 Å². The first-order valence-corrected chi connectivity index (χ1v) is 12.5. The minimum Gasteiger partial charge on any atom is -0.453 e. The van der Waals surface area contributed by atoms with Crippen LogP contribution in [0.1, 0.15) is 27.3 Å². The zero-order valence-corrected chi connectivity index (χ0v) is 20.8. The number of aromatic nitrogens is 3. The zero-order valence-electron chi connectivity index (χ0n) is 19.1. The predicted octanol–water partition coefficient (Wildman–Crippen LogP) is 2.71. The number of H-pyrrole nitrogens is 1. The molecule has 4 aromatic rings. The van der Waals surface area contributed by atoms with Gasteiger partial charge in [-0.15, -0.1) is 11.3 Å². The molecule has 34 heavy (non-hydrogen) atoms. The lowest BCUT2D eigenvalue weighted by Crippen LogP contribution is -2.19. The molecule has 0 aliphatic rings. The van der Waals surface area contributed by atoms with Crippen molar-refractivity contribution in [2.24, 2.45) is 12.2 Å². The Bertz CT molecular complexity index is 1610. The number of carbonyl (C=O) groups excluding carboxylic acids is 1. The third-order valence-electron chi connectivity index (χ3n) is 5.47. The lowest BCUT2D eigenvalue weighted by atomic mass is 10.1. The van der Waals surface area contributed by atoms with E-state index in [2.05, 4.69) is 15.3 Å². The van der Waals surface area contributed by atoms with Crippen molar-refractivity contribution < 1.29 is 17.9 Å². The van der Waals surface area contributed by atoms with Gasteiger partial charge >= 0.3 is 0 Å². The molecule has 10 nitrogen and oxygen atoms in total. The number of sulfonamides is 1.